The van der Waals surface area contributed by atoms with Gasteiger partial charge in [0.1, 0.15) is 28.6 Å². The van der Waals surface area contributed by atoms with Crippen molar-refractivity contribution in [1.29, 1.82) is 0 Å². The van der Waals surface area contributed by atoms with E-state index in [-0.39, 0.29) is 12.5 Å². The van der Waals surface area contributed by atoms with Gasteiger partial charge in [-0.15, -0.1) is 0 Å². The highest BCUT2D eigenvalue weighted by atomic mass is 16.5. The highest BCUT2D eigenvalue weighted by Crippen LogP contribution is 2.23. The largest absolute Gasteiger partial charge is 0.465 e. The van der Waals surface area contributed by atoms with Crippen molar-refractivity contribution in [2.45, 2.75) is 13.5 Å². The van der Waals surface area contributed by atoms with Crippen LogP contribution in [0.3, 0.4) is 0 Å². The Kier molecular flexibility index (Phi) is 6.40. The third-order valence-corrected chi connectivity index (χ3v) is 4.59. The van der Waals surface area contributed by atoms with Crippen molar-refractivity contribution >= 4 is 17.8 Å². The molecule has 0 saturated carbocycles. The summed E-state index contributed by atoms with van der Waals surface area (Å²) in [7, 11) is 2.94. The van der Waals surface area contributed by atoms with Crippen LogP contribution in [-0.2, 0) is 11.3 Å². The van der Waals surface area contributed by atoms with Gasteiger partial charge in [0.25, 0.3) is 5.91 Å². The number of primary amides is 1. The second kappa shape index (κ2) is 9.17. The van der Waals surface area contributed by atoms with Gasteiger partial charge in [-0.1, -0.05) is 0 Å². The minimum atomic E-state index is -0.509. The number of methoxy groups -OCH3 is 1. The standard InChI is InChI=1S/C23H22N2O6/c1-14-20(23(28)29-3)12-19(30-14)13-25(2)22(27)16-6-10-18(11-7-16)31-17-8-4-15(5-9-17)21(24)26/h4-12H,13H2,1-3H3,(H2,24,26). The van der Waals surface area contributed by atoms with E-state index in [1.54, 1.807) is 68.6 Å². The quantitative estimate of drug-likeness (QED) is 0.583. The lowest BCUT2D eigenvalue weighted by Crippen LogP contribution is -2.25. The molecule has 0 aliphatic carbocycles. The Bertz CT molecular complexity index is 1100. The second-order valence-corrected chi connectivity index (χ2v) is 6.85. The van der Waals surface area contributed by atoms with E-state index in [4.69, 9.17) is 19.6 Å². The molecule has 8 nitrogen and oxygen atoms in total. The van der Waals surface area contributed by atoms with Gasteiger partial charge in [-0.2, -0.15) is 0 Å². The molecule has 0 aliphatic heterocycles. The molecule has 0 saturated heterocycles. The zero-order chi connectivity index (χ0) is 22.5. The van der Waals surface area contributed by atoms with Gasteiger partial charge in [0.2, 0.25) is 5.91 Å². The zero-order valence-electron chi connectivity index (χ0n) is 17.4. The molecule has 31 heavy (non-hydrogen) atoms. The average molecular weight is 422 g/mol. The molecule has 0 fully saturated rings. The summed E-state index contributed by atoms with van der Waals surface area (Å²) >= 11 is 0. The van der Waals surface area contributed by atoms with Gasteiger partial charge in [0.05, 0.1) is 13.7 Å². The topological polar surface area (TPSA) is 112 Å². The SMILES string of the molecule is COC(=O)c1cc(CN(C)C(=O)c2ccc(Oc3ccc(C(N)=O)cc3)cc2)oc1C. The molecule has 8 heteroatoms. The van der Waals surface area contributed by atoms with Crippen molar-refractivity contribution in [3.8, 4) is 11.5 Å². The molecule has 2 amide bonds. The number of nitrogens with zero attached hydrogens (tertiary/aromatic N) is 1. The number of amides is 2. The summed E-state index contributed by atoms with van der Waals surface area (Å²) in [6, 6.07) is 14.7. The molecular formula is C23H22N2O6. The second-order valence-electron chi connectivity index (χ2n) is 6.85. The van der Waals surface area contributed by atoms with E-state index in [2.05, 4.69) is 0 Å². The summed E-state index contributed by atoms with van der Waals surface area (Å²) in [4.78, 5) is 37.0. The number of carbonyl (C=O) groups excluding carboxylic acids is 3. The molecule has 0 aliphatic rings. The van der Waals surface area contributed by atoms with Gasteiger partial charge in [0, 0.05) is 18.2 Å². The van der Waals surface area contributed by atoms with Crippen LogP contribution in [0.15, 0.2) is 59.0 Å². The first-order valence-electron chi connectivity index (χ1n) is 9.39. The van der Waals surface area contributed by atoms with E-state index in [9.17, 15) is 14.4 Å². The number of aryl methyl sites for hydroxylation is 1. The van der Waals surface area contributed by atoms with Gasteiger partial charge in [0.15, 0.2) is 0 Å². The van der Waals surface area contributed by atoms with Gasteiger partial charge in [-0.25, -0.2) is 4.79 Å². The Morgan fingerprint density at radius 1 is 0.968 bits per heavy atom. The van der Waals surface area contributed by atoms with Gasteiger partial charge < -0.3 is 24.5 Å². The van der Waals surface area contributed by atoms with Crippen molar-refractivity contribution in [2.24, 2.45) is 5.73 Å². The molecule has 0 atom stereocenters. The number of carbonyl (C=O) groups is 3. The fraction of sp³-hybridized carbons (Fsp3) is 0.174. The van der Waals surface area contributed by atoms with Crippen LogP contribution in [0, 0.1) is 6.92 Å². The van der Waals surface area contributed by atoms with Crippen molar-refractivity contribution in [1.82, 2.24) is 4.90 Å². The predicted octanol–water partition coefficient (Wildman–Crippen LogP) is 3.54. The molecule has 0 bridgehead atoms. The third-order valence-electron chi connectivity index (χ3n) is 4.59. The fourth-order valence-electron chi connectivity index (χ4n) is 2.95. The number of hydrogen-bond acceptors (Lipinski definition) is 6. The van der Waals surface area contributed by atoms with Crippen molar-refractivity contribution in [2.75, 3.05) is 14.2 Å². The highest BCUT2D eigenvalue weighted by molar-refractivity contribution is 5.94. The van der Waals surface area contributed by atoms with Gasteiger partial charge in [-0.3, -0.25) is 9.59 Å². The fourth-order valence-corrected chi connectivity index (χ4v) is 2.95. The summed E-state index contributed by atoms with van der Waals surface area (Å²) in [6.07, 6.45) is 0. The Labute approximate surface area is 179 Å². The Morgan fingerprint density at radius 3 is 2.03 bits per heavy atom. The maximum atomic E-state index is 12.7. The molecule has 1 heterocycles. The summed E-state index contributed by atoms with van der Waals surface area (Å²) < 4.78 is 16.0. The lowest BCUT2D eigenvalue weighted by atomic mass is 10.2. The molecule has 2 aromatic carbocycles. The van der Waals surface area contributed by atoms with Crippen LogP contribution in [-0.4, -0.2) is 36.8 Å². The number of ether oxygens (including phenoxy) is 2. The third kappa shape index (κ3) is 5.11. The molecule has 160 valence electrons. The minimum absolute atomic E-state index is 0.196. The normalized spacial score (nSPS) is 10.4. The van der Waals surface area contributed by atoms with Crippen molar-refractivity contribution in [3.63, 3.8) is 0 Å². The number of rotatable bonds is 7. The summed E-state index contributed by atoms with van der Waals surface area (Å²) in [5.74, 6) is 0.782. The number of esters is 1. The molecule has 1 aromatic heterocycles. The first-order valence-corrected chi connectivity index (χ1v) is 9.39. The van der Waals surface area contributed by atoms with Crippen molar-refractivity contribution in [3.05, 3.63) is 82.8 Å². The van der Waals surface area contributed by atoms with Crippen LogP contribution < -0.4 is 10.5 Å². The number of hydrogen-bond donors (Lipinski definition) is 1. The first-order chi connectivity index (χ1) is 14.8. The van der Waals surface area contributed by atoms with Gasteiger partial charge >= 0.3 is 5.97 Å². The Morgan fingerprint density at radius 2 is 1.52 bits per heavy atom. The highest BCUT2D eigenvalue weighted by Gasteiger charge is 2.18. The monoisotopic (exact) mass is 422 g/mol. The maximum absolute atomic E-state index is 12.7. The Hall–Kier alpha value is -4.07. The van der Waals surface area contributed by atoms with E-state index in [0.29, 0.717) is 39.7 Å². The van der Waals surface area contributed by atoms with Crippen LogP contribution in [0.1, 0.15) is 42.6 Å². The van der Waals surface area contributed by atoms with E-state index in [0.717, 1.165) is 0 Å². The first kappa shape index (κ1) is 21.6. The van der Waals surface area contributed by atoms with Crippen LogP contribution in [0.2, 0.25) is 0 Å². The van der Waals surface area contributed by atoms with E-state index in [1.165, 1.54) is 12.0 Å². The predicted molar refractivity (Wildman–Crippen MR) is 112 cm³/mol. The molecule has 2 N–H and O–H groups in total. The van der Waals surface area contributed by atoms with Gasteiger partial charge in [-0.05, 0) is 61.5 Å². The van der Waals surface area contributed by atoms with E-state index >= 15 is 0 Å². The van der Waals surface area contributed by atoms with Crippen molar-refractivity contribution < 1.29 is 28.3 Å². The zero-order valence-corrected chi connectivity index (χ0v) is 17.4. The van der Waals surface area contributed by atoms with E-state index < -0.39 is 11.9 Å². The average Bonchev–Trinajstić information content (AvgIpc) is 3.13. The van der Waals surface area contributed by atoms with Crippen LogP contribution in [0.5, 0.6) is 11.5 Å². The lowest BCUT2D eigenvalue weighted by Gasteiger charge is -2.16. The number of furan rings is 1. The maximum Gasteiger partial charge on any atom is 0.341 e. The summed E-state index contributed by atoms with van der Waals surface area (Å²) in [6.45, 7) is 1.86. The molecule has 0 unspecified atom stereocenters. The smallest absolute Gasteiger partial charge is 0.341 e. The minimum Gasteiger partial charge on any atom is -0.465 e. The summed E-state index contributed by atoms with van der Waals surface area (Å²) in [5, 5.41) is 0. The summed E-state index contributed by atoms with van der Waals surface area (Å²) in [5.41, 5.74) is 6.42. The molecule has 3 aromatic rings. The number of benzene rings is 2. The molecular weight excluding hydrogens is 400 g/mol. The number of nitrogens with two attached hydrogens (primary N) is 1. The lowest BCUT2D eigenvalue weighted by molar-refractivity contribution is 0.0598. The van der Waals surface area contributed by atoms with Crippen LogP contribution in [0.25, 0.3) is 0 Å². The molecule has 0 radical (unpaired) electrons. The molecule has 3 rings (SSSR count). The molecule has 0 spiro atoms. The van der Waals surface area contributed by atoms with Crippen LogP contribution >= 0.6 is 0 Å². The van der Waals surface area contributed by atoms with E-state index in [1.807, 2.05) is 0 Å². The van der Waals surface area contributed by atoms with Crippen LogP contribution in [0.4, 0.5) is 0 Å². The Balaban J connectivity index is 1.64.